The number of hydrogen-bond donors (Lipinski definition) is 4. The Bertz CT molecular complexity index is 1630. The third-order valence-electron chi connectivity index (χ3n) is 7.60. The SMILES string of the molecule is CCCCOC[C@H]1O[C@@H](n2cnc(N)nc2=O)C[C@H]1OP(=O)(O)OC[C@H]1O[C@@H](n2cnc3c(=O)[nH]c(N)nc32)C[C@H]1OCCCC. The van der Waals surface area contributed by atoms with Crippen LogP contribution in [0.2, 0.25) is 0 Å². The number of nitrogens with zero attached hydrogens (tertiary/aromatic N) is 6. The molecule has 2 saturated heterocycles. The first-order valence-electron chi connectivity index (χ1n) is 15.2. The molecule has 2 aliphatic heterocycles. The quantitative estimate of drug-likeness (QED) is 0.123. The summed E-state index contributed by atoms with van der Waals surface area (Å²) in [5.41, 5.74) is 10.4. The molecule has 20 heteroatoms. The Morgan fingerprint density at radius 3 is 2.39 bits per heavy atom. The fourth-order valence-corrected chi connectivity index (χ4v) is 6.19. The number of anilines is 2. The highest BCUT2D eigenvalue weighted by molar-refractivity contribution is 7.47. The van der Waals surface area contributed by atoms with Gasteiger partial charge in [-0.25, -0.2) is 19.3 Å². The smallest absolute Gasteiger partial charge is 0.379 e. The lowest BCUT2D eigenvalue weighted by Gasteiger charge is -2.23. The molecule has 5 heterocycles. The van der Waals surface area contributed by atoms with Crippen molar-refractivity contribution in [3.8, 4) is 0 Å². The van der Waals surface area contributed by atoms with Crippen LogP contribution in [0.3, 0.4) is 0 Å². The van der Waals surface area contributed by atoms with Gasteiger partial charge in [0.05, 0.1) is 25.6 Å². The van der Waals surface area contributed by atoms with Crippen molar-refractivity contribution in [3.63, 3.8) is 0 Å². The lowest BCUT2D eigenvalue weighted by atomic mass is 10.2. The first kappa shape index (κ1) is 34.1. The number of hydrogen-bond acceptors (Lipinski definition) is 15. The van der Waals surface area contributed by atoms with Crippen LogP contribution in [0.15, 0.2) is 22.2 Å². The van der Waals surface area contributed by atoms with Crippen LogP contribution in [0.4, 0.5) is 11.9 Å². The van der Waals surface area contributed by atoms with Crippen LogP contribution >= 0.6 is 7.82 Å². The van der Waals surface area contributed by atoms with Crippen LogP contribution < -0.4 is 22.7 Å². The molecule has 2 aliphatic rings. The van der Waals surface area contributed by atoms with E-state index in [2.05, 4.69) is 24.9 Å². The Kier molecular flexibility index (Phi) is 11.2. The number of nitrogens with one attached hydrogen (secondary N) is 1. The van der Waals surface area contributed by atoms with Gasteiger partial charge in [-0.2, -0.15) is 9.97 Å². The van der Waals surface area contributed by atoms with E-state index >= 15 is 0 Å². The van der Waals surface area contributed by atoms with Crippen LogP contribution in [0.25, 0.3) is 11.2 Å². The van der Waals surface area contributed by atoms with Gasteiger partial charge in [-0.3, -0.25) is 28.0 Å². The molecule has 0 radical (unpaired) electrons. The summed E-state index contributed by atoms with van der Waals surface area (Å²) in [6.07, 6.45) is 1.71. The zero-order valence-electron chi connectivity index (χ0n) is 25.6. The molecule has 3 aromatic heterocycles. The molecule has 0 spiro atoms. The van der Waals surface area contributed by atoms with Crippen molar-refractivity contribution in [3.05, 3.63) is 33.5 Å². The molecule has 7 atom stereocenters. The molecule has 254 valence electrons. The van der Waals surface area contributed by atoms with Gasteiger partial charge in [0.25, 0.3) is 5.56 Å². The van der Waals surface area contributed by atoms with Gasteiger partial charge in [-0.05, 0) is 12.8 Å². The number of nitrogens with two attached hydrogens (primary N) is 2. The minimum Gasteiger partial charge on any atom is -0.379 e. The van der Waals surface area contributed by atoms with Crippen LogP contribution in [0.1, 0.15) is 64.8 Å². The first-order chi connectivity index (χ1) is 22.1. The number of imidazole rings is 1. The monoisotopic (exact) mass is 669 g/mol. The van der Waals surface area contributed by atoms with Gasteiger partial charge in [-0.15, -0.1) is 0 Å². The molecule has 5 rings (SSSR count). The Balaban J connectivity index is 1.27. The van der Waals surface area contributed by atoms with Crippen LogP contribution in [-0.2, 0) is 32.6 Å². The van der Waals surface area contributed by atoms with E-state index in [0.717, 1.165) is 30.3 Å². The molecule has 0 bridgehead atoms. The molecule has 3 aromatic rings. The van der Waals surface area contributed by atoms with Crippen molar-refractivity contribution < 1.29 is 37.5 Å². The summed E-state index contributed by atoms with van der Waals surface area (Å²) in [6, 6.07) is 0. The number of phosphoric acid groups is 1. The van der Waals surface area contributed by atoms with Gasteiger partial charge in [0.15, 0.2) is 11.2 Å². The van der Waals surface area contributed by atoms with E-state index < -0.39 is 55.9 Å². The normalized spacial score (nSPS) is 26.2. The minimum atomic E-state index is -4.71. The van der Waals surface area contributed by atoms with Gasteiger partial charge in [-0.1, -0.05) is 26.7 Å². The van der Waals surface area contributed by atoms with Gasteiger partial charge in [0.1, 0.15) is 37.1 Å². The van der Waals surface area contributed by atoms with Crippen molar-refractivity contribution in [1.29, 1.82) is 0 Å². The van der Waals surface area contributed by atoms with E-state index in [1.54, 1.807) is 4.57 Å². The van der Waals surface area contributed by atoms with Crippen molar-refractivity contribution in [2.24, 2.45) is 0 Å². The van der Waals surface area contributed by atoms with Crippen LogP contribution in [0, 0.1) is 0 Å². The van der Waals surface area contributed by atoms with E-state index in [0.29, 0.717) is 19.6 Å². The van der Waals surface area contributed by atoms with Gasteiger partial charge in [0.2, 0.25) is 11.9 Å². The average molecular weight is 670 g/mol. The standard InChI is InChI=1S/C26H40N9O10P/c1-3-5-7-40-11-17-16(10-20(43-17)35-14-30-24(27)33-26(35)37)45-46(38,39)42-12-18-15(41-8-6-4-2)9-19(44-18)34-13-29-21-22(34)31-25(28)32-23(21)36/h13-20H,3-12H2,1-2H3,(H,38,39)(H2,27,33,37)(H3,28,31,32,36)/t15-,16-,17-,18-,19-,20-/m1/s1. The first-order valence-corrected chi connectivity index (χ1v) is 16.7. The summed E-state index contributed by atoms with van der Waals surface area (Å²) in [6.45, 7) is 4.63. The summed E-state index contributed by atoms with van der Waals surface area (Å²) in [4.78, 5) is 53.7. The largest absolute Gasteiger partial charge is 0.472 e. The summed E-state index contributed by atoms with van der Waals surface area (Å²) in [5, 5.41) is 0. The highest BCUT2D eigenvalue weighted by atomic mass is 31.2. The maximum atomic E-state index is 13.3. The topological polar surface area (TPSA) is 256 Å². The van der Waals surface area contributed by atoms with E-state index in [1.807, 2.05) is 13.8 Å². The Labute approximate surface area is 263 Å². The average Bonchev–Trinajstić information content (AvgIpc) is 3.71. The van der Waals surface area contributed by atoms with Gasteiger partial charge in [0, 0.05) is 26.1 Å². The lowest BCUT2D eigenvalue weighted by molar-refractivity contribution is -0.0723. The Hall–Kier alpha value is -3.29. The van der Waals surface area contributed by atoms with Crippen molar-refractivity contribution >= 4 is 30.9 Å². The summed E-state index contributed by atoms with van der Waals surface area (Å²) < 4.78 is 50.9. The molecule has 0 aliphatic carbocycles. The van der Waals surface area contributed by atoms with Gasteiger partial charge >= 0.3 is 13.5 Å². The number of rotatable bonds is 16. The molecular weight excluding hydrogens is 629 g/mol. The van der Waals surface area contributed by atoms with Crippen LogP contribution in [-0.4, -0.2) is 89.8 Å². The zero-order chi connectivity index (χ0) is 32.8. The highest BCUT2D eigenvalue weighted by Gasteiger charge is 2.44. The molecular formula is C26H40N9O10P. The van der Waals surface area contributed by atoms with Crippen molar-refractivity contribution in [2.45, 2.75) is 89.2 Å². The summed E-state index contributed by atoms with van der Waals surface area (Å²) in [7, 11) is -4.71. The zero-order valence-corrected chi connectivity index (χ0v) is 26.5. The second kappa shape index (κ2) is 15.1. The fourth-order valence-electron chi connectivity index (χ4n) is 5.23. The number of aromatic amines is 1. The molecule has 46 heavy (non-hydrogen) atoms. The Morgan fingerprint density at radius 1 is 0.978 bits per heavy atom. The molecule has 0 amide bonds. The molecule has 1 unspecified atom stereocenters. The number of nitrogen functional groups attached to an aromatic ring is 2. The third-order valence-corrected chi connectivity index (χ3v) is 8.61. The number of phosphoric ester groups is 1. The van der Waals surface area contributed by atoms with Crippen molar-refractivity contribution in [1.82, 2.24) is 34.1 Å². The van der Waals surface area contributed by atoms with E-state index in [4.69, 9.17) is 39.5 Å². The Morgan fingerprint density at radius 2 is 1.65 bits per heavy atom. The van der Waals surface area contributed by atoms with E-state index in [9.17, 15) is 19.0 Å². The maximum Gasteiger partial charge on any atom is 0.472 e. The number of fused-ring (bicyclic) bond motifs is 1. The number of ether oxygens (including phenoxy) is 4. The van der Waals surface area contributed by atoms with E-state index in [1.165, 1.54) is 12.7 Å². The van der Waals surface area contributed by atoms with E-state index in [-0.39, 0.29) is 42.7 Å². The lowest BCUT2D eigenvalue weighted by Crippen LogP contribution is -2.31. The predicted octanol–water partition coefficient (Wildman–Crippen LogP) is 1.02. The highest BCUT2D eigenvalue weighted by Crippen LogP contribution is 2.49. The number of unbranched alkanes of at least 4 members (excludes halogenated alkanes) is 2. The predicted molar refractivity (Wildman–Crippen MR) is 161 cm³/mol. The second-order valence-electron chi connectivity index (χ2n) is 11.0. The van der Waals surface area contributed by atoms with Crippen molar-refractivity contribution in [2.75, 3.05) is 37.9 Å². The molecule has 6 N–H and O–H groups in total. The molecule has 2 fully saturated rings. The van der Waals surface area contributed by atoms with Gasteiger partial charge < -0.3 is 35.3 Å². The second-order valence-corrected chi connectivity index (χ2v) is 12.4. The van der Waals surface area contributed by atoms with Crippen LogP contribution in [0.5, 0.6) is 0 Å². The summed E-state index contributed by atoms with van der Waals surface area (Å²) in [5.74, 6) is -0.268. The number of aromatic nitrogens is 7. The molecule has 19 nitrogen and oxygen atoms in total. The maximum absolute atomic E-state index is 13.3. The molecule has 0 saturated carbocycles. The molecule has 0 aromatic carbocycles. The fraction of sp³-hybridized carbons (Fsp3) is 0.692. The third kappa shape index (κ3) is 8.16. The number of H-pyrrole nitrogens is 1. The minimum absolute atomic E-state index is 0.0105. The summed E-state index contributed by atoms with van der Waals surface area (Å²) >= 11 is 0.